The van der Waals surface area contributed by atoms with E-state index in [1.54, 1.807) is 0 Å². The first-order valence-corrected chi connectivity index (χ1v) is 7.53. The van der Waals surface area contributed by atoms with Crippen LogP contribution in [0, 0.1) is 0 Å². The molecule has 1 heterocycles. The van der Waals surface area contributed by atoms with Gasteiger partial charge in [-0.05, 0) is 17.7 Å². The lowest BCUT2D eigenvalue weighted by molar-refractivity contribution is -0.115. The number of hydrogen-bond acceptors (Lipinski definition) is 4. The van der Waals surface area contributed by atoms with Crippen molar-refractivity contribution in [2.24, 2.45) is 0 Å². The number of hydrogen-bond donors (Lipinski definition) is 1. The predicted octanol–water partition coefficient (Wildman–Crippen LogP) is 1.06. The highest BCUT2D eigenvalue weighted by atomic mass is 35.5. The largest absolute Gasteiger partial charge is 0.325 e. The van der Waals surface area contributed by atoms with Gasteiger partial charge in [-0.1, -0.05) is 11.6 Å². The molecule has 18 heavy (non-hydrogen) atoms. The molecule has 0 atom stereocenters. The minimum atomic E-state index is -3.40. The topological polar surface area (TPSA) is 80.3 Å². The van der Waals surface area contributed by atoms with Crippen molar-refractivity contribution in [3.8, 4) is 0 Å². The highest BCUT2D eigenvalue weighted by Gasteiger charge is 2.23. The lowest BCUT2D eigenvalue weighted by Crippen LogP contribution is -2.15. The van der Waals surface area contributed by atoms with E-state index in [4.69, 9.17) is 11.6 Å². The summed E-state index contributed by atoms with van der Waals surface area (Å²) in [4.78, 5) is 23.0. The Labute approximate surface area is 109 Å². The first-order chi connectivity index (χ1) is 8.26. The van der Waals surface area contributed by atoms with Gasteiger partial charge in [-0.15, -0.1) is 0 Å². The van der Waals surface area contributed by atoms with E-state index in [0.29, 0.717) is 11.3 Å². The van der Waals surface area contributed by atoms with Gasteiger partial charge in [0, 0.05) is 17.5 Å². The lowest BCUT2D eigenvalue weighted by atomic mass is 10.1. The fourth-order valence-electron chi connectivity index (χ4n) is 1.78. The Hall–Kier alpha value is -1.40. The molecule has 0 fully saturated rings. The van der Waals surface area contributed by atoms with Crippen LogP contribution in [0.4, 0.5) is 5.69 Å². The molecule has 1 amide bonds. The van der Waals surface area contributed by atoms with Crippen LogP contribution in [0.2, 0.25) is 5.02 Å². The van der Waals surface area contributed by atoms with Crippen molar-refractivity contribution >= 4 is 38.8 Å². The van der Waals surface area contributed by atoms with E-state index in [1.165, 1.54) is 12.1 Å². The van der Waals surface area contributed by atoms with Crippen molar-refractivity contribution in [3.05, 3.63) is 28.3 Å². The Morgan fingerprint density at radius 3 is 2.72 bits per heavy atom. The molecule has 0 saturated carbocycles. The van der Waals surface area contributed by atoms with E-state index >= 15 is 0 Å². The minimum Gasteiger partial charge on any atom is -0.325 e. The van der Waals surface area contributed by atoms with Crippen molar-refractivity contribution in [2.75, 3.05) is 17.3 Å². The summed E-state index contributed by atoms with van der Waals surface area (Å²) in [5, 5.41) is 2.74. The summed E-state index contributed by atoms with van der Waals surface area (Å²) in [5.41, 5.74) is 1.36. The van der Waals surface area contributed by atoms with Gasteiger partial charge in [-0.2, -0.15) is 0 Å². The lowest BCUT2D eigenvalue weighted by Gasteiger charge is -2.06. The number of nitrogens with one attached hydrogen (secondary N) is 1. The summed E-state index contributed by atoms with van der Waals surface area (Å²) in [7, 11) is -3.40. The van der Waals surface area contributed by atoms with Crippen LogP contribution in [0.3, 0.4) is 0 Å². The zero-order valence-corrected chi connectivity index (χ0v) is 11.1. The number of halogens is 1. The average Bonchev–Trinajstić information content (AvgIpc) is 2.53. The molecule has 1 aromatic rings. The van der Waals surface area contributed by atoms with Gasteiger partial charge >= 0.3 is 0 Å². The molecule has 0 bridgehead atoms. The Balaban J connectivity index is 2.39. The molecule has 0 saturated heterocycles. The van der Waals surface area contributed by atoms with Gasteiger partial charge in [0.15, 0.2) is 15.6 Å². The van der Waals surface area contributed by atoms with E-state index in [9.17, 15) is 18.0 Å². The van der Waals surface area contributed by atoms with Crippen LogP contribution in [0.1, 0.15) is 15.9 Å². The van der Waals surface area contributed by atoms with Crippen LogP contribution in [-0.2, 0) is 21.1 Å². The second kappa shape index (κ2) is 4.37. The van der Waals surface area contributed by atoms with E-state index in [2.05, 4.69) is 5.32 Å². The third kappa shape index (κ3) is 2.70. The summed E-state index contributed by atoms with van der Waals surface area (Å²) >= 11 is 5.91. The Morgan fingerprint density at radius 2 is 2.11 bits per heavy atom. The molecule has 1 aromatic carbocycles. The summed E-state index contributed by atoms with van der Waals surface area (Å²) in [6.07, 6.45) is 1.16. The van der Waals surface area contributed by atoms with Crippen LogP contribution in [-0.4, -0.2) is 32.1 Å². The Kier molecular flexibility index (Phi) is 3.16. The minimum absolute atomic E-state index is 0.136. The SMILES string of the molecule is CS(=O)(=O)CC(=O)c1cc2c(cc1Cl)NC(=O)C2. The second-order valence-corrected chi connectivity index (χ2v) is 6.75. The van der Waals surface area contributed by atoms with Crippen molar-refractivity contribution in [1.82, 2.24) is 0 Å². The van der Waals surface area contributed by atoms with Crippen LogP contribution >= 0.6 is 11.6 Å². The zero-order valence-electron chi connectivity index (χ0n) is 9.49. The molecule has 2 rings (SSSR count). The van der Waals surface area contributed by atoms with Crippen LogP contribution in [0.25, 0.3) is 0 Å². The van der Waals surface area contributed by atoms with Gasteiger partial charge in [-0.25, -0.2) is 8.42 Å². The Bertz CT molecular complexity index is 651. The maximum atomic E-state index is 11.8. The van der Waals surface area contributed by atoms with Crippen molar-refractivity contribution in [1.29, 1.82) is 0 Å². The van der Waals surface area contributed by atoms with Crippen molar-refractivity contribution in [2.45, 2.75) is 6.42 Å². The maximum Gasteiger partial charge on any atom is 0.228 e. The normalized spacial score (nSPS) is 14.2. The number of benzene rings is 1. The van der Waals surface area contributed by atoms with Gasteiger partial charge in [0.2, 0.25) is 5.91 Å². The smallest absolute Gasteiger partial charge is 0.228 e. The van der Waals surface area contributed by atoms with Gasteiger partial charge in [0.25, 0.3) is 0 Å². The fraction of sp³-hybridized carbons (Fsp3) is 0.273. The first kappa shape index (κ1) is 13.0. The molecule has 1 aliphatic heterocycles. The molecule has 7 heteroatoms. The number of amides is 1. The number of sulfone groups is 1. The van der Waals surface area contributed by atoms with Crippen LogP contribution in [0.5, 0.6) is 0 Å². The highest BCUT2D eigenvalue weighted by Crippen LogP contribution is 2.30. The third-order valence-electron chi connectivity index (χ3n) is 2.51. The molecule has 1 N–H and O–H groups in total. The molecule has 1 aliphatic rings. The molecule has 0 aromatic heterocycles. The molecule has 5 nitrogen and oxygen atoms in total. The van der Waals surface area contributed by atoms with Gasteiger partial charge in [0.1, 0.15) is 5.75 Å². The summed E-state index contributed by atoms with van der Waals surface area (Å²) in [5.74, 6) is -1.33. The van der Waals surface area contributed by atoms with Crippen molar-refractivity contribution in [3.63, 3.8) is 0 Å². The number of carbonyl (C=O) groups is 2. The summed E-state index contributed by atoms with van der Waals surface area (Å²) in [6.45, 7) is 0. The molecule has 0 spiro atoms. The van der Waals surface area contributed by atoms with Gasteiger partial charge < -0.3 is 5.32 Å². The van der Waals surface area contributed by atoms with E-state index in [1.807, 2.05) is 0 Å². The fourth-order valence-corrected chi connectivity index (χ4v) is 2.68. The molecule has 96 valence electrons. The highest BCUT2D eigenvalue weighted by molar-refractivity contribution is 7.91. The van der Waals surface area contributed by atoms with Crippen molar-refractivity contribution < 1.29 is 18.0 Å². The first-order valence-electron chi connectivity index (χ1n) is 5.09. The second-order valence-electron chi connectivity index (χ2n) is 4.21. The molecule has 0 aliphatic carbocycles. The molecular weight excluding hydrogens is 278 g/mol. The van der Waals surface area contributed by atoms with E-state index in [0.717, 1.165) is 6.26 Å². The van der Waals surface area contributed by atoms with Crippen LogP contribution < -0.4 is 5.32 Å². The molecule has 0 unspecified atom stereocenters. The number of Topliss-reactive ketones (excluding diaryl/α,β-unsaturated/α-hetero) is 1. The maximum absolute atomic E-state index is 11.8. The standard InChI is InChI=1S/C11H10ClNO4S/c1-18(16,17)5-10(14)7-2-6-3-11(15)13-9(6)4-8(7)12/h2,4H,3,5H2,1H3,(H,13,15). The number of fused-ring (bicyclic) bond motifs is 1. The summed E-state index contributed by atoms with van der Waals surface area (Å²) in [6, 6.07) is 2.94. The quantitative estimate of drug-likeness (QED) is 0.843. The Morgan fingerprint density at radius 1 is 1.44 bits per heavy atom. The predicted molar refractivity (Wildman–Crippen MR) is 67.8 cm³/mol. The van der Waals surface area contributed by atoms with E-state index < -0.39 is 21.4 Å². The van der Waals surface area contributed by atoms with E-state index in [-0.39, 0.29) is 22.9 Å². The number of rotatable bonds is 3. The molecule has 0 radical (unpaired) electrons. The van der Waals surface area contributed by atoms with Gasteiger partial charge in [-0.3, -0.25) is 9.59 Å². The van der Waals surface area contributed by atoms with Gasteiger partial charge in [0.05, 0.1) is 11.4 Å². The number of anilines is 1. The number of carbonyl (C=O) groups excluding carboxylic acids is 2. The monoisotopic (exact) mass is 287 g/mol. The zero-order chi connectivity index (χ0) is 13.5. The average molecular weight is 288 g/mol. The number of ketones is 1. The third-order valence-corrected chi connectivity index (χ3v) is 3.61. The molecular formula is C11H10ClNO4S. The summed E-state index contributed by atoms with van der Waals surface area (Å²) < 4.78 is 22.2. The van der Waals surface area contributed by atoms with Crippen LogP contribution in [0.15, 0.2) is 12.1 Å².